The number of aryl methyl sites for hydroxylation is 1. The van der Waals surface area contributed by atoms with Gasteiger partial charge in [0.15, 0.2) is 5.75 Å². The van der Waals surface area contributed by atoms with E-state index in [0.717, 1.165) is 27.9 Å². The number of carbonyl (C=O) groups excluding carboxylic acids is 1. The maximum Gasteiger partial charge on any atom is 0.267 e. The van der Waals surface area contributed by atoms with Crippen LogP contribution in [0.4, 0.5) is 8.78 Å². The van der Waals surface area contributed by atoms with Gasteiger partial charge in [-0.1, -0.05) is 17.7 Å². The molecule has 0 bridgehead atoms. The molecule has 0 saturated carbocycles. The van der Waals surface area contributed by atoms with E-state index in [-0.39, 0.29) is 17.9 Å². The van der Waals surface area contributed by atoms with Crippen molar-refractivity contribution >= 4 is 17.5 Å². The monoisotopic (exact) mass is 458 g/mol. The summed E-state index contributed by atoms with van der Waals surface area (Å²) in [6.07, 6.45) is 5.51. The van der Waals surface area contributed by atoms with Gasteiger partial charge >= 0.3 is 0 Å². The van der Waals surface area contributed by atoms with Crippen LogP contribution in [-0.4, -0.2) is 50.7 Å². The van der Waals surface area contributed by atoms with Crippen molar-refractivity contribution in [1.82, 2.24) is 19.7 Å². The Hall–Kier alpha value is -3.00. The van der Waals surface area contributed by atoms with Gasteiger partial charge in [-0.3, -0.25) is 14.5 Å². The molecule has 1 aromatic carbocycles. The van der Waals surface area contributed by atoms with Gasteiger partial charge in [0.05, 0.1) is 35.1 Å². The van der Waals surface area contributed by atoms with E-state index in [1.54, 1.807) is 23.1 Å². The number of rotatable bonds is 3. The van der Waals surface area contributed by atoms with Crippen LogP contribution in [0.3, 0.4) is 0 Å². The fourth-order valence-electron chi connectivity index (χ4n) is 4.35. The first kappa shape index (κ1) is 20.9. The Bertz CT molecular complexity index is 1210. The lowest BCUT2D eigenvalue weighted by molar-refractivity contribution is 0.0113. The Kier molecular flexibility index (Phi) is 4.93. The molecule has 6 nitrogen and oxygen atoms in total. The topological polar surface area (TPSA) is 60.2 Å². The molecule has 1 saturated heterocycles. The first-order chi connectivity index (χ1) is 15.2. The Balaban J connectivity index is 1.45. The highest BCUT2D eigenvalue weighted by Gasteiger charge is 2.49. The zero-order valence-electron chi connectivity index (χ0n) is 17.6. The molecule has 2 aliphatic rings. The number of nitrogens with zero attached hydrogens (tertiary/aromatic N) is 4. The molecular formula is C23H21ClF2N4O2. The summed E-state index contributed by atoms with van der Waals surface area (Å²) in [6.45, 7) is 1.27. The average Bonchev–Trinajstić information content (AvgIpc) is 3.29. The largest absolute Gasteiger partial charge is 0.489 e. The summed E-state index contributed by atoms with van der Waals surface area (Å²) in [6, 6.07) is 4.93. The molecule has 1 amide bonds. The quantitative estimate of drug-likeness (QED) is 0.588. The van der Waals surface area contributed by atoms with Crippen LogP contribution in [0.1, 0.15) is 33.5 Å². The lowest BCUT2D eigenvalue weighted by Crippen LogP contribution is -2.37. The SMILES string of the molecule is Cc1c(Cc2ccc(-c3cnn(C)c3)nc2)cc2c(c1Cl)OC[C@H]1CC(F)(F)CN1C2=O. The number of ether oxygens (including phenoxy) is 1. The predicted octanol–water partition coefficient (Wildman–Crippen LogP) is 4.28. The van der Waals surface area contributed by atoms with Gasteiger partial charge in [0, 0.05) is 31.4 Å². The van der Waals surface area contributed by atoms with E-state index in [0.29, 0.717) is 11.4 Å². The molecular weight excluding hydrogens is 438 g/mol. The summed E-state index contributed by atoms with van der Waals surface area (Å²) in [4.78, 5) is 18.8. The average molecular weight is 459 g/mol. The van der Waals surface area contributed by atoms with Gasteiger partial charge in [-0.15, -0.1) is 0 Å². The summed E-state index contributed by atoms with van der Waals surface area (Å²) in [7, 11) is 1.85. The van der Waals surface area contributed by atoms with E-state index in [1.807, 2.05) is 32.3 Å². The first-order valence-corrected chi connectivity index (χ1v) is 10.7. The van der Waals surface area contributed by atoms with Crippen molar-refractivity contribution < 1.29 is 18.3 Å². The summed E-state index contributed by atoms with van der Waals surface area (Å²) in [5.41, 5.74) is 4.51. The number of benzene rings is 1. The summed E-state index contributed by atoms with van der Waals surface area (Å²) in [5, 5.41) is 4.51. The van der Waals surface area contributed by atoms with Crippen LogP contribution >= 0.6 is 11.6 Å². The second kappa shape index (κ2) is 7.55. The van der Waals surface area contributed by atoms with Crippen LogP contribution in [0.5, 0.6) is 5.75 Å². The van der Waals surface area contributed by atoms with Crippen molar-refractivity contribution in [3.63, 3.8) is 0 Å². The second-order valence-corrected chi connectivity index (χ2v) is 8.82. The molecule has 0 aliphatic carbocycles. The molecule has 0 radical (unpaired) electrons. The molecule has 4 heterocycles. The molecule has 0 unspecified atom stereocenters. The maximum atomic E-state index is 13.9. The van der Waals surface area contributed by atoms with Gasteiger partial charge < -0.3 is 9.64 Å². The number of amides is 1. The maximum absolute atomic E-state index is 13.9. The number of hydrogen-bond acceptors (Lipinski definition) is 4. The fraction of sp³-hybridized carbons (Fsp3) is 0.348. The number of pyridine rings is 1. The third-order valence-electron chi connectivity index (χ3n) is 6.08. The Morgan fingerprint density at radius 1 is 1.31 bits per heavy atom. The van der Waals surface area contributed by atoms with E-state index in [4.69, 9.17) is 16.3 Å². The smallest absolute Gasteiger partial charge is 0.267 e. The zero-order valence-corrected chi connectivity index (χ0v) is 18.4. The van der Waals surface area contributed by atoms with Crippen LogP contribution < -0.4 is 4.74 Å². The van der Waals surface area contributed by atoms with Crippen molar-refractivity contribution in [3.05, 3.63) is 64.1 Å². The normalized spacial score (nSPS) is 19.3. The van der Waals surface area contributed by atoms with E-state index in [2.05, 4.69) is 10.1 Å². The van der Waals surface area contributed by atoms with E-state index < -0.39 is 30.8 Å². The molecule has 32 heavy (non-hydrogen) atoms. The minimum Gasteiger partial charge on any atom is -0.489 e. The van der Waals surface area contributed by atoms with Crippen LogP contribution in [-0.2, 0) is 13.5 Å². The number of alkyl halides is 2. The molecule has 9 heteroatoms. The van der Waals surface area contributed by atoms with E-state index in [9.17, 15) is 13.6 Å². The van der Waals surface area contributed by atoms with Crippen LogP contribution in [0, 0.1) is 6.92 Å². The van der Waals surface area contributed by atoms with Crippen LogP contribution in [0.2, 0.25) is 5.02 Å². The second-order valence-electron chi connectivity index (χ2n) is 8.44. The molecule has 5 rings (SSSR count). The summed E-state index contributed by atoms with van der Waals surface area (Å²) < 4.78 is 35.3. The third-order valence-corrected chi connectivity index (χ3v) is 6.54. The molecule has 3 aromatic rings. The highest BCUT2D eigenvalue weighted by atomic mass is 35.5. The molecule has 0 spiro atoms. The van der Waals surface area contributed by atoms with Crippen LogP contribution in [0.25, 0.3) is 11.3 Å². The molecule has 2 aromatic heterocycles. The Morgan fingerprint density at radius 3 is 2.81 bits per heavy atom. The number of fused-ring (bicyclic) bond motifs is 2. The van der Waals surface area contributed by atoms with Gasteiger partial charge in [-0.25, -0.2) is 8.78 Å². The predicted molar refractivity (Wildman–Crippen MR) is 115 cm³/mol. The van der Waals surface area contributed by atoms with Gasteiger partial charge in [0.1, 0.15) is 6.61 Å². The number of halogens is 3. The Labute approximate surface area is 188 Å². The van der Waals surface area contributed by atoms with Crippen molar-refractivity contribution in [2.45, 2.75) is 31.7 Å². The standard InChI is InChI=1S/C23H21ClF2N4O2/c1-13-15(5-14-3-4-19(27-8-14)16-9-28-29(2)10-16)6-18-21(20(13)24)32-11-17-7-23(25,26)12-30(17)22(18)31/h3-4,6,8-10,17H,5,7,11-12H2,1-2H3/t17-/m1/s1. The highest BCUT2D eigenvalue weighted by Crippen LogP contribution is 2.41. The number of hydrogen-bond donors (Lipinski definition) is 0. The zero-order chi connectivity index (χ0) is 22.6. The van der Waals surface area contributed by atoms with Gasteiger partial charge in [0.2, 0.25) is 0 Å². The minimum absolute atomic E-state index is 0.00651. The summed E-state index contributed by atoms with van der Waals surface area (Å²) >= 11 is 6.57. The van der Waals surface area contributed by atoms with E-state index >= 15 is 0 Å². The number of carbonyl (C=O) groups is 1. The summed E-state index contributed by atoms with van der Waals surface area (Å²) in [5.74, 6) is -3.09. The van der Waals surface area contributed by atoms with Crippen LogP contribution in [0.15, 0.2) is 36.8 Å². The highest BCUT2D eigenvalue weighted by molar-refractivity contribution is 6.33. The number of aromatic nitrogens is 3. The lowest BCUT2D eigenvalue weighted by atomic mass is 9.97. The third kappa shape index (κ3) is 3.62. The van der Waals surface area contributed by atoms with E-state index in [1.165, 1.54) is 4.90 Å². The minimum atomic E-state index is -2.90. The molecule has 0 N–H and O–H groups in total. The van der Waals surface area contributed by atoms with Gasteiger partial charge in [-0.2, -0.15) is 5.10 Å². The molecule has 166 valence electrons. The fourth-order valence-corrected chi connectivity index (χ4v) is 4.63. The Morgan fingerprint density at radius 2 is 2.12 bits per heavy atom. The lowest BCUT2D eigenvalue weighted by Gasteiger charge is -2.20. The van der Waals surface area contributed by atoms with Gasteiger partial charge in [-0.05, 0) is 42.2 Å². The van der Waals surface area contributed by atoms with Crippen molar-refractivity contribution in [2.75, 3.05) is 13.2 Å². The molecule has 2 aliphatic heterocycles. The molecule has 1 atom stereocenters. The first-order valence-electron chi connectivity index (χ1n) is 10.3. The van der Waals surface area contributed by atoms with Gasteiger partial charge in [0.25, 0.3) is 11.8 Å². The molecule has 1 fully saturated rings. The van der Waals surface area contributed by atoms with Crippen molar-refractivity contribution in [2.24, 2.45) is 7.05 Å². The van der Waals surface area contributed by atoms with Crippen molar-refractivity contribution in [3.8, 4) is 17.0 Å². The van der Waals surface area contributed by atoms with Crippen molar-refractivity contribution in [1.29, 1.82) is 0 Å².